The van der Waals surface area contributed by atoms with Crippen molar-refractivity contribution in [1.82, 2.24) is 10.2 Å². The SMILES string of the molecule is Cc1ccc(-c2nnc(SCC(=O)Nc3ccc(I)cc3)o2)cc1C. The largest absolute Gasteiger partial charge is 0.411 e. The van der Waals surface area contributed by atoms with Crippen molar-refractivity contribution in [3.63, 3.8) is 0 Å². The zero-order valence-electron chi connectivity index (χ0n) is 13.7. The van der Waals surface area contributed by atoms with E-state index in [0.29, 0.717) is 11.1 Å². The van der Waals surface area contributed by atoms with Gasteiger partial charge in [-0.15, -0.1) is 10.2 Å². The van der Waals surface area contributed by atoms with Crippen LogP contribution in [0.2, 0.25) is 0 Å². The zero-order valence-corrected chi connectivity index (χ0v) is 16.7. The Bertz CT molecular complexity index is 894. The number of halogens is 1. The number of nitrogens with zero attached hydrogens (tertiary/aromatic N) is 2. The Hall–Kier alpha value is -1.87. The van der Waals surface area contributed by atoms with Crippen LogP contribution in [-0.4, -0.2) is 21.9 Å². The van der Waals surface area contributed by atoms with Gasteiger partial charge in [-0.05, 0) is 84.0 Å². The average Bonchev–Trinajstić information content (AvgIpc) is 3.07. The van der Waals surface area contributed by atoms with Crippen molar-refractivity contribution in [2.75, 3.05) is 11.1 Å². The standard InChI is InChI=1S/C18H16IN3O2S/c1-11-3-4-13(9-12(11)2)17-21-22-18(24-17)25-10-16(23)20-15-7-5-14(19)6-8-15/h3-9H,10H2,1-2H3,(H,20,23). The van der Waals surface area contributed by atoms with E-state index in [1.165, 1.54) is 22.9 Å². The van der Waals surface area contributed by atoms with Gasteiger partial charge in [-0.1, -0.05) is 17.8 Å². The van der Waals surface area contributed by atoms with E-state index in [4.69, 9.17) is 4.42 Å². The summed E-state index contributed by atoms with van der Waals surface area (Å²) in [5.74, 6) is 0.557. The molecule has 25 heavy (non-hydrogen) atoms. The Morgan fingerprint density at radius 1 is 1.12 bits per heavy atom. The van der Waals surface area contributed by atoms with E-state index in [1.54, 1.807) is 0 Å². The van der Waals surface area contributed by atoms with Gasteiger partial charge in [0, 0.05) is 14.8 Å². The molecule has 128 valence electrons. The molecule has 0 spiro atoms. The van der Waals surface area contributed by atoms with Crippen LogP contribution in [-0.2, 0) is 4.79 Å². The third-order valence-corrected chi connectivity index (χ3v) is 5.15. The van der Waals surface area contributed by atoms with Crippen molar-refractivity contribution in [3.05, 3.63) is 57.2 Å². The van der Waals surface area contributed by atoms with Crippen LogP contribution in [0, 0.1) is 17.4 Å². The number of benzene rings is 2. The number of hydrogen-bond acceptors (Lipinski definition) is 5. The quantitative estimate of drug-likeness (QED) is 0.438. The van der Waals surface area contributed by atoms with Gasteiger partial charge in [0.1, 0.15) is 0 Å². The zero-order chi connectivity index (χ0) is 17.8. The maximum atomic E-state index is 12.0. The van der Waals surface area contributed by atoms with Crippen LogP contribution >= 0.6 is 34.4 Å². The Morgan fingerprint density at radius 2 is 1.88 bits per heavy atom. The highest BCUT2D eigenvalue weighted by molar-refractivity contribution is 14.1. The smallest absolute Gasteiger partial charge is 0.277 e. The van der Waals surface area contributed by atoms with Crippen molar-refractivity contribution in [3.8, 4) is 11.5 Å². The Morgan fingerprint density at radius 3 is 2.60 bits per heavy atom. The first kappa shape index (κ1) is 17.9. The van der Waals surface area contributed by atoms with Gasteiger partial charge in [0.2, 0.25) is 11.8 Å². The Labute approximate surface area is 163 Å². The molecule has 0 aliphatic rings. The van der Waals surface area contributed by atoms with E-state index < -0.39 is 0 Å². The molecule has 0 atom stereocenters. The molecule has 7 heteroatoms. The molecule has 0 saturated carbocycles. The first-order valence-electron chi connectivity index (χ1n) is 7.60. The molecule has 1 amide bonds. The van der Waals surface area contributed by atoms with Crippen LogP contribution in [0.4, 0.5) is 5.69 Å². The summed E-state index contributed by atoms with van der Waals surface area (Å²) >= 11 is 3.44. The summed E-state index contributed by atoms with van der Waals surface area (Å²) in [5, 5.41) is 11.3. The Kier molecular flexibility index (Phi) is 5.74. The van der Waals surface area contributed by atoms with Gasteiger partial charge in [-0.2, -0.15) is 0 Å². The van der Waals surface area contributed by atoms with Crippen LogP contribution in [0.3, 0.4) is 0 Å². The molecule has 1 aromatic heterocycles. The highest BCUT2D eigenvalue weighted by Crippen LogP contribution is 2.25. The fourth-order valence-corrected chi connectivity index (χ4v) is 3.04. The molecule has 0 unspecified atom stereocenters. The third kappa shape index (κ3) is 4.82. The van der Waals surface area contributed by atoms with Crippen molar-refractivity contribution in [2.45, 2.75) is 19.1 Å². The lowest BCUT2D eigenvalue weighted by Crippen LogP contribution is -2.13. The second-order valence-corrected chi connectivity index (χ2v) is 7.69. The number of hydrogen-bond donors (Lipinski definition) is 1. The van der Waals surface area contributed by atoms with Gasteiger partial charge in [0.05, 0.1) is 5.75 Å². The predicted molar refractivity (Wildman–Crippen MR) is 108 cm³/mol. The van der Waals surface area contributed by atoms with Gasteiger partial charge < -0.3 is 9.73 Å². The van der Waals surface area contributed by atoms with Crippen molar-refractivity contribution >= 4 is 45.9 Å². The molecule has 0 fully saturated rings. The number of nitrogens with one attached hydrogen (secondary N) is 1. The average molecular weight is 465 g/mol. The minimum atomic E-state index is -0.114. The van der Waals surface area contributed by atoms with Gasteiger partial charge in [-0.3, -0.25) is 4.79 Å². The van der Waals surface area contributed by atoms with Gasteiger partial charge in [-0.25, -0.2) is 0 Å². The normalized spacial score (nSPS) is 10.7. The lowest BCUT2D eigenvalue weighted by molar-refractivity contribution is -0.113. The fraction of sp³-hybridized carbons (Fsp3) is 0.167. The number of anilines is 1. The molecule has 0 aliphatic carbocycles. The number of carbonyl (C=O) groups is 1. The summed E-state index contributed by atoms with van der Waals surface area (Å²) in [6.07, 6.45) is 0. The van der Waals surface area contributed by atoms with Gasteiger partial charge in [0.25, 0.3) is 5.22 Å². The number of carbonyl (C=O) groups excluding carboxylic acids is 1. The van der Waals surface area contributed by atoms with Gasteiger partial charge in [0.15, 0.2) is 0 Å². The first-order chi connectivity index (χ1) is 12.0. The second-order valence-electron chi connectivity index (χ2n) is 5.52. The molecule has 0 saturated heterocycles. The van der Waals surface area contributed by atoms with E-state index >= 15 is 0 Å². The lowest BCUT2D eigenvalue weighted by Gasteiger charge is -2.03. The minimum Gasteiger partial charge on any atom is -0.411 e. The molecule has 0 bridgehead atoms. The van der Waals surface area contributed by atoms with Gasteiger partial charge >= 0.3 is 0 Å². The van der Waals surface area contributed by atoms with E-state index in [1.807, 2.05) is 49.4 Å². The van der Waals surface area contributed by atoms with E-state index in [2.05, 4.69) is 45.0 Å². The van der Waals surface area contributed by atoms with Crippen LogP contribution in [0.1, 0.15) is 11.1 Å². The molecule has 0 aliphatic heterocycles. The summed E-state index contributed by atoms with van der Waals surface area (Å²) in [7, 11) is 0. The first-order valence-corrected chi connectivity index (χ1v) is 9.67. The molecule has 1 N–H and O–H groups in total. The maximum absolute atomic E-state index is 12.0. The molecular weight excluding hydrogens is 449 g/mol. The summed E-state index contributed by atoms with van der Waals surface area (Å²) in [4.78, 5) is 12.0. The summed E-state index contributed by atoms with van der Waals surface area (Å²) in [5.41, 5.74) is 4.03. The number of amides is 1. The molecule has 0 radical (unpaired) electrons. The van der Waals surface area contributed by atoms with Crippen LogP contribution in [0.25, 0.3) is 11.5 Å². The van der Waals surface area contributed by atoms with Crippen LogP contribution in [0.15, 0.2) is 52.1 Å². The second kappa shape index (κ2) is 8.01. The topological polar surface area (TPSA) is 68.0 Å². The molecule has 1 heterocycles. The molecule has 3 aromatic rings. The van der Waals surface area contributed by atoms with E-state index in [9.17, 15) is 4.79 Å². The van der Waals surface area contributed by atoms with Crippen molar-refractivity contribution < 1.29 is 9.21 Å². The molecular formula is C18H16IN3O2S. The van der Waals surface area contributed by atoms with Crippen LogP contribution in [0.5, 0.6) is 0 Å². The maximum Gasteiger partial charge on any atom is 0.277 e. The van der Waals surface area contributed by atoms with Crippen molar-refractivity contribution in [2.24, 2.45) is 0 Å². The molecule has 2 aromatic carbocycles. The van der Waals surface area contributed by atoms with E-state index in [0.717, 1.165) is 14.8 Å². The lowest BCUT2D eigenvalue weighted by atomic mass is 10.1. The highest BCUT2D eigenvalue weighted by atomic mass is 127. The minimum absolute atomic E-state index is 0.114. The monoisotopic (exact) mass is 465 g/mol. The van der Waals surface area contributed by atoms with Crippen LogP contribution < -0.4 is 5.32 Å². The number of thioether (sulfide) groups is 1. The highest BCUT2D eigenvalue weighted by Gasteiger charge is 2.12. The van der Waals surface area contributed by atoms with E-state index in [-0.39, 0.29) is 11.7 Å². The number of aryl methyl sites for hydroxylation is 2. The Balaban J connectivity index is 1.58. The van der Waals surface area contributed by atoms with Crippen molar-refractivity contribution in [1.29, 1.82) is 0 Å². The fourth-order valence-electron chi connectivity index (χ4n) is 2.12. The third-order valence-electron chi connectivity index (χ3n) is 3.62. The number of aromatic nitrogens is 2. The summed E-state index contributed by atoms with van der Waals surface area (Å²) in [6.45, 7) is 4.10. The number of rotatable bonds is 5. The molecule has 3 rings (SSSR count). The predicted octanol–water partition coefficient (Wildman–Crippen LogP) is 4.69. The summed E-state index contributed by atoms with van der Waals surface area (Å²) in [6, 6.07) is 13.6. The molecule has 5 nitrogen and oxygen atoms in total. The summed E-state index contributed by atoms with van der Waals surface area (Å²) < 4.78 is 6.76.